The van der Waals surface area contributed by atoms with Gasteiger partial charge in [0.15, 0.2) is 0 Å². The molecule has 3 aliphatic rings. The van der Waals surface area contributed by atoms with Gasteiger partial charge in [-0.2, -0.15) is 0 Å². The summed E-state index contributed by atoms with van der Waals surface area (Å²) in [6.07, 6.45) is 2.30. The second kappa shape index (κ2) is 31.9. The van der Waals surface area contributed by atoms with E-state index < -0.39 is 17.2 Å². The number of carbonyl (C=O) groups is 3. The first kappa shape index (κ1) is 79.8. The lowest BCUT2D eigenvalue weighted by molar-refractivity contribution is -0.127. The lowest BCUT2D eigenvalue weighted by Gasteiger charge is -2.41. The predicted molar refractivity (Wildman–Crippen MR) is 424 cm³/mol. The van der Waals surface area contributed by atoms with Crippen LogP contribution in [0.5, 0.6) is 0 Å². The van der Waals surface area contributed by atoms with Crippen LogP contribution >= 0.6 is 23.2 Å². The van der Waals surface area contributed by atoms with Crippen LogP contribution in [-0.2, 0) is 34.0 Å². The van der Waals surface area contributed by atoms with Gasteiger partial charge in [0.25, 0.3) is 16.7 Å². The minimum atomic E-state index is -0.580. The van der Waals surface area contributed by atoms with Crippen molar-refractivity contribution in [3.8, 4) is 33.8 Å². The number of ether oxygens (including phenoxy) is 1. The predicted octanol–water partition coefficient (Wildman–Crippen LogP) is 15.9. The number of piperazine rings is 3. The van der Waals surface area contributed by atoms with E-state index in [2.05, 4.69) is 48.6 Å². The number of halogens is 5. The normalized spacial score (nSPS) is 16.7. The molecular weight excluding hydrogens is 1400 g/mol. The molecule has 0 bridgehead atoms. The summed E-state index contributed by atoms with van der Waals surface area (Å²) >= 11 is 13.4. The third kappa shape index (κ3) is 18.4. The molecule has 9 aromatic rings. The molecule has 0 aliphatic carbocycles. The van der Waals surface area contributed by atoms with E-state index >= 15 is 0 Å². The zero-order valence-electron chi connectivity index (χ0n) is 63.9. The van der Waals surface area contributed by atoms with Gasteiger partial charge < -0.3 is 34.1 Å². The van der Waals surface area contributed by atoms with Crippen molar-refractivity contribution in [1.29, 1.82) is 0 Å². The molecule has 107 heavy (non-hydrogen) atoms. The van der Waals surface area contributed by atoms with Crippen molar-refractivity contribution in [2.45, 2.75) is 147 Å². The molecule has 12 rings (SSSR count). The molecule has 3 fully saturated rings. The highest BCUT2D eigenvalue weighted by molar-refractivity contribution is 6.34. The fraction of sp³-hybridized carbons (Fsp3) is 0.410. The summed E-state index contributed by atoms with van der Waals surface area (Å²) in [6, 6.07) is 31.2. The Bertz CT molecular complexity index is 5090. The van der Waals surface area contributed by atoms with Gasteiger partial charge >= 0.3 is 6.09 Å². The quantitative estimate of drug-likeness (QED) is 0.112. The second-order valence-electron chi connectivity index (χ2n) is 32.5. The molecule has 9 heterocycles. The number of benzene rings is 3. The van der Waals surface area contributed by atoms with Crippen LogP contribution in [0, 0.1) is 33.7 Å². The highest BCUT2D eigenvalue weighted by Crippen LogP contribution is 2.40. The Labute approximate surface area is 633 Å². The number of aromatic nitrogens is 6. The average Bonchev–Trinajstić information content (AvgIpc) is 0.759. The third-order valence-electron chi connectivity index (χ3n) is 18.7. The number of nitrogens with zero attached hydrogens (tertiary/aromatic N) is 12. The zero-order valence-corrected chi connectivity index (χ0v) is 65.4. The summed E-state index contributed by atoms with van der Waals surface area (Å²) < 4.78 is 54.4. The zero-order chi connectivity index (χ0) is 78.1. The van der Waals surface area contributed by atoms with Crippen LogP contribution in [0.25, 0.3) is 66.9 Å². The minimum absolute atomic E-state index is 0.00459. The minimum Gasteiger partial charge on any atom is -0.444 e. The van der Waals surface area contributed by atoms with Crippen LogP contribution in [0.4, 0.5) is 35.0 Å². The van der Waals surface area contributed by atoms with E-state index in [0.29, 0.717) is 150 Å². The summed E-state index contributed by atoms with van der Waals surface area (Å²) in [5.74, 6) is -1.42. The van der Waals surface area contributed by atoms with Crippen LogP contribution in [0.3, 0.4) is 0 Å². The van der Waals surface area contributed by atoms with Gasteiger partial charge in [0.1, 0.15) is 40.0 Å². The molecule has 3 aliphatic heterocycles. The summed E-state index contributed by atoms with van der Waals surface area (Å²) in [5.41, 5.74) is 4.01. The van der Waals surface area contributed by atoms with Crippen molar-refractivity contribution in [2.24, 2.45) is 16.2 Å². The van der Waals surface area contributed by atoms with Crippen molar-refractivity contribution in [1.82, 2.24) is 43.4 Å². The van der Waals surface area contributed by atoms with Crippen molar-refractivity contribution in [2.75, 3.05) is 73.6 Å². The number of anilines is 3. The van der Waals surface area contributed by atoms with E-state index in [1.807, 2.05) is 89.2 Å². The topological polar surface area (TPSA) is 185 Å². The van der Waals surface area contributed by atoms with Gasteiger partial charge in [-0.05, 0) is 131 Å². The van der Waals surface area contributed by atoms with Crippen LogP contribution < -0.4 is 31.4 Å². The van der Waals surface area contributed by atoms with E-state index in [0.717, 1.165) is 11.1 Å². The van der Waals surface area contributed by atoms with Crippen molar-refractivity contribution in [3.05, 3.63) is 199 Å². The van der Waals surface area contributed by atoms with Crippen LogP contribution in [0.15, 0.2) is 155 Å². The molecule has 566 valence electrons. The van der Waals surface area contributed by atoms with Gasteiger partial charge in [-0.3, -0.25) is 37.7 Å². The number of carbonyl (C=O) groups excluding carboxylic acids is 3. The summed E-state index contributed by atoms with van der Waals surface area (Å²) in [4.78, 5) is 103. The Hall–Kier alpha value is -9.80. The molecule has 0 radical (unpaired) electrons. The maximum atomic E-state index is 14.7. The maximum Gasteiger partial charge on any atom is 0.410 e. The standard InChI is InChI=1S/C29H36ClFN4O3.C27H30ClFN4O2.C27H31FN4O2/c1-18-16-33(27(37)38-29(5,6)7)12-13-34(18)23-15-24(36)35(17-28(2,3)4)26-20(23)14-21(30)25(32-26)19-10-8-9-11-22(19)31;1-6-23(34)31-11-12-32(17(2)15-31)22-14-24(35)33(16-27(3,4)5)26-19(22)13-20(28)25(30-26)18-9-7-8-10-21(18)29;1-6-24(33)30-13-14-31(18(2)16-30)23-15-25(34)32(17-27(3,4)5)26-20(23)11-12-22(29-26)19-9-7-8-10-21(19)28/h8-11,14-15,18H,12-13,16-17H2,1-7H3;6-10,13-14,17H,1,11-12,15-16H2,2-5H3;6-12,15,18H,1,13-14,16-17H2,2-5H3/t18-;17-;18-/m000/s1. The Morgan fingerprint density at radius 1 is 0.458 bits per heavy atom. The van der Waals surface area contributed by atoms with Crippen molar-refractivity contribution < 1.29 is 32.3 Å². The number of pyridine rings is 6. The van der Waals surface area contributed by atoms with E-state index in [1.54, 1.807) is 119 Å². The molecule has 3 amide bonds. The van der Waals surface area contributed by atoms with E-state index in [1.165, 1.54) is 30.4 Å². The maximum absolute atomic E-state index is 14.7. The van der Waals surface area contributed by atoms with Gasteiger partial charge in [0.2, 0.25) is 11.8 Å². The summed E-state index contributed by atoms with van der Waals surface area (Å²) in [5, 5.41) is 2.85. The average molecular weight is 1500 g/mol. The first-order valence-electron chi connectivity index (χ1n) is 36.1. The summed E-state index contributed by atoms with van der Waals surface area (Å²) in [6.45, 7) is 43.2. The van der Waals surface area contributed by atoms with Crippen molar-refractivity contribution >= 4 is 91.3 Å². The van der Waals surface area contributed by atoms with Crippen LogP contribution in [0.2, 0.25) is 10.0 Å². The highest BCUT2D eigenvalue weighted by atomic mass is 35.5. The lowest BCUT2D eigenvalue weighted by Crippen LogP contribution is -2.54. The van der Waals surface area contributed by atoms with Gasteiger partial charge in [-0.25, -0.2) is 32.9 Å². The first-order valence-corrected chi connectivity index (χ1v) is 36.9. The highest BCUT2D eigenvalue weighted by Gasteiger charge is 2.35. The Balaban J connectivity index is 0.000000172. The molecule has 24 heteroatoms. The Morgan fingerprint density at radius 2 is 0.785 bits per heavy atom. The number of amides is 3. The van der Waals surface area contributed by atoms with Gasteiger partial charge in [-0.15, -0.1) is 0 Å². The van der Waals surface area contributed by atoms with Crippen LogP contribution in [-0.4, -0.2) is 144 Å². The number of fused-ring (bicyclic) bond motifs is 3. The lowest BCUT2D eigenvalue weighted by atomic mass is 9.96. The van der Waals surface area contributed by atoms with E-state index in [-0.39, 0.29) is 85.9 Å². The number of hydrogen-bond donors (Lipinski definition) is 0. The molecule has 6 aromatic heterocycles. The Kier molecular flexibility index (Phi) is 23.8. The van der Waals surface area contributed by atoms with E-state index in [4.69, 9.17) is 42.9 Å². The largest absolute Gasteiger partial charge is 0.444 e. The Morgan fingerprint density at radius 3 is 1.12 bits per heavy atom. The third-order valence-corrected chi connectivity index (χ3v) is 19.3. The van der Waals surface area contributed by atoms with Crippen LogP contribution in [0.1, 0.15) is 104 Å². The molecule has 0 unspecified atom stereocenters. The molecular formula is C83H97Cl2F3N12O7. The SMILES string of the molecule is C=CC(=O)N1CCN(c2cc(=O)n(CC(C)(C)C)c3nc(-c4ccccc4F)c(Cl)cc23)[C@@H](C)C1.C=CC(=O)N1CCN(c2cc(=O)n(CC(C)(C)C)c3nc(-c4ccccc4F)ccc23)[C@@H](C)C1.C[C@H]1CN(C(=O)OC(C)(C)C)CCN1c1cc(=O)n(CC(C)(C)C)c2nc(-c3ccccc3F)c(Cl)cc12. The van der Waals surface area contributed by atoms with Gasteiger partial charge in [0, 0.05) is 148 Å². The van der Waals surface area contributed by atoms with Crippen molar-refractivity contribution in [3.63, 3.8) is 0 Å². The fourth-order valence-electron chi connectivity index (χ4n) is 13.9. The van der Waals surface area contributed by atoms with Gasteiger partial charge in [-0.1, -0.05) is 135 Å². The first-order chi connectivity index (χ1) is 50.2. The molecule has 3 atom stereocenters. The molecule has 0 spiro atoms. The molecule has 3 aromatic carbocycles. The monoisotopic (exact) mass is 1500 g/mol. The molecule has 0 saturated carbocycles. The van der Waals surface area contributed by atoms with Gasteiger partial charge in [0.05, 0.1) is 44.2 Å². The number of rotatable bonds is 11. The number of hydrogen-bond acceptors (Lipinski definition) is 13. The van der Waals surface area contributed by atoms with E-state index in [9.17, 15) is 41.9 Å². The molecule has 19 nitrogen and oxygen atoms in total. The second-order valence-corrected chi connectivity index (χ2v) is 33.3. The molecule has 3 saturated heterocycles. The summed E-state index contributed by atoms with van der Waals surface area (Å²) in [7, 11) is 0. The fourth-order valence-corrected chi connectivity index (χ4v) is 14.4. The smallest absolute Gasteiger partial charge is 0.410 e. The molecule has 0 N–H and O–H groups in total.